The fourth-order valence-corrected chi connectivity index (χ4v) is 3.23. The van der Waals surface area contributed by atoms with Gasteiger partial charge in [0.25, 0.3) is 0 Å². The van der Waals surface area contributed by atoms with Crippen molar-refractivity contribution in [3.8, 4) is 0 Å². The van der Waals surface area contributed by atoms with Crippen LogP contribution in [0.4, 0.5) is 5.69 Å². The van der Waals surface area contributed by atoms with Crippen LogP contribution in [0.1, 0.15) is 19.4 Å². The van der Waals surface area contributed by atoms with Crippen LogP contribution in [0.5, 0.6) is 0 Å². The molecular formula is C16H25BrN2O2. The summed E-state index contributed by atoms with van der Waals surface area (Å²) in [6.45, 7) is 9.38. The van der Waals surface area contributed by atoms with Crippen LogP contribution in [-0.4, -0.2) is 45.6 Å². The van der Waals surface area contributed by atoms with Gasteiger partial charge in [0, 0.05) is 31.2 Å². The van der Waals surface area contributed by atoms with Gasteiger partial charge in [-0.1, -0.05) is 6.07 Å². The number of ether oxygens (including phenoxy) is 2. The molecule has 118 valence electrons. The SMILES string of the molecule is COCCNCc1ccc(N2CCOCC2(C)C)c(Br)c1. The molecule has 1 aliphatic heterocycles. The first-order valence-corrected chi connectivity index (χ1v) is 8.17. The van der Waals surface area contributed by atoms with Gasteiger partial charge < -0.3 is 19.7 Å². The Morgan fingerprint density at radius 1 is 1.43 bits per heavy atom. The summed E-state index contributed by atoms with van der Waals surface area (Å²) in [5.41, 5.74) is 2.54. The first-order valence-electron chi connectivity index (χ1n) is 7.38. The molecule has 1 heterocycles. The molecule has 1 aliphatic rings. The third kappa shape index (κ3) is 4.42. The Hall–Kier alpha value is -0.620. The highest BCUT2D eigenvalue weighted by Crippen LogP contribution is 2.33. The van der Waals surface area contributed by atoms with E-state index in [0.29, 0.717) is 0 Å². The Bertz CT molecular complexity index is 466. The highest BCUT2D eigenvalue weighted by Gasteiger charge is 2.31. The van der Waals surface area contributed by atoms with Gasteiger partial charge in [0.2, 0.25) is 0 Å². The van der Waals surface area contributed by atoms with Crippen LogP contribution < -0.4 is 10.2 Å². The van der Waals surface area contributed by atoms with Gasteiger partial charge in [0.1, 0.15) is 0 Å². The third-order valence-electron chi connectivity index (χ3n) is 3.76. The van der Waals surface area contributed by atoms with E-state index in [0.717, 1.165) is 43.9 Å². The minimum atomic E-state index is 0.0268. The number of anilines is 1. The van der Waals surface area contributed by atoms with Gasteiger partial charge in [0.05, 0.1) is 31.0 Å². The standard InChI is InChI=1S/C16H25BrN2O2/c1-16(2)12-21-9-7-19(16)15-5-4-13(10-14(15)17)11-18-6-8-20-3/h4-5,10,18H,6-9,11-12H2,1-3H3. The maximum absolute atomic E-state index is 5.60. The average molecular weight is 357 g/mol. The van der Waals surface area contributed by atoms with Crippen molar-refractivity contribution in [1.82, 2.24) is 5.32 Å². The van der Waals surface area contributed by atoms with Crippen molar-refractivity contribution >= 4 is 21.6 Å². The second-order valence-electron chi connectivity index (χ2n) is 5.97. The van der Waals surface area contributed by atoms with Gasteiger partial charge in [-0.05, 0) is 47.5 Å². The number of nitrogens with one attached hydrogen (secondary N) is 1. The number of hydrogen-bond acceptors (Lipinski definition) is 4. The lowest BCUT2D eigenvalue weighted by Crippen LogP contribution is -2.53. The summed E-state index contributed by atoms with van der Waals surface area (Å²) in [5, 5.41) is 3.37. The number of methoxy groups -OCH3 is 1. The number of benzene rings is 1. The van der Waals surface area contributed by atoms with Crippen LogP contribution in [-0.2, 0) is 16.0 Å². The number of halogens is 1. The number of nitrogens with zero attached hydrogens (tertiary/aromatic N) is 1. The van der Waals surface area contributed by atoms with Crippen molar-refractivity contribution in [3.05, 3.63) is 28.2 Å². The predicted molar refractivity (Wildman–Crippen MR) is 90.0 cm³/mol. The quantitative estimate of drug-likeness (QED) is 0.794. The molecule has 1 aromatic rings. The molecule has 5 heteroatoms. The summed E-state index contributed by atoms with van der Waals surface area (Å²) in [4.78, 5) is 2.42. The van der Waals surface area contributed by atoms with Crippen LogP contribution >= 0.6 is 15.9 Å². The van der Waals surface area contributed by atoms with E-state index in [-0.39, 0.29) is 5.54 Å². The molecule has 0 spiro atoms. The van der Waals surface area contributed by atoms with Gasteiger partial charge in [0.15, 0.2) is 0 Å². The molecule has 4 nitrogen and oxygen atoms in total. The molecule has 2 rings (SSSR count). The Kier molecular flexibility index (Phi) is 6.05. The molecule has 1 saturated heterocycles. The highest BCUT2D eigenvalue weighted by atomic mass is 79.9. The Morgan fingerprint density at radius 3 is 2.90 bits per heavy atom. The zero-order valence-corrected chi connectivity index (χ0v) is 14.7. The van der Waals surface area contributed by atoms with E-state index in [1.54, 1.807) is 7.11 Å². The molecular weight excluding hydrogens is 332 g/mol. The van der Waals surface area contributed by atoms with E-state index >= 15 is 0 Å². The zero-order chi connectivity index (χ0) is 15.3. The predicted octanol–water partition coefficient (Wildman–Crippen LogP) is 2.80. The zero-order valence-electron chi connectivity index (χ0n) is 13.1. The maximum Gasteiger partial charge on any atom is 0.0694 e. The third-order valence-corrected chi connectivity index (χ3v) is 4.40. The highest BCUT2D eigenvalue weighted by molar-refractivity contribution is 9.10. The van der Waals surface area contributed by atoms with E-state index < -0.39 is 0 Å². The van der Waals surface area contributed by atoms with Crippen LogP contribution in [0.15, 0.2) is 22.7 Å². The Labute approximate surface area is 135 Å². The van der Waals surface area contributed by atoms with E-state index in [4.69, 9.17) is 9.47 Å². The molecule has 0 amide bonds. The Morgan fingerprint density at radius 2 is 2.24 bits per heavy atom. The van der Waals surface area contributed by atoms with E-state index in [9.17, 15) is 0 Å². The Balaban J connectivity index is 2.04. The summed E-state index contributed by atoms with van der Waals surface area (Å²) >= 11 is 3.72. The molecule has 0 unspecified atom stereocenters. The fraction of sp³-hybridized carbons (Fsp3) is 0.625. The molecule has 1 N–H and O–H groups in total. The topological polar surface area (TPSA) is 33.7 Å². The largest absolute Gasteiger partial charge is 0.383 e. The average Bonchev–Trinajstić information content (AvgIpc) is 2.44. The lowest BCUT2D eigenvalue weighted by atomic mass is 10.0. The van der Waals surface area contributed by atoms with E-state index in [2.05, 4.69) is 58.2 Å². The number of hydrogen-bond donors (Lipinski definition) is 1. The van der Waals surface area contributed by atoms with Crippen LogP contribution in [0.3, 0.4) is 0 Å². The van der Waals surface area contributed by atoms with Crippen LogP contribution in [0.25, 0.3) is 0 Å². The summed E-state index contributed by atoms with van der Waals surface area (Å²) in [6.07, 6.45) is 0. The normalized spacial score (nSPS) is 18.0. The monoisotopic (exact) mass is 356 g/mol. The van der Waals surface area contributed by atoms with Gasteiger partial charge in [-0.15, -0.1) is 0 Å². The molecule has 0 atom stereocenters. The van der Waals surface area contributed by atoms with Crippen LogP contribution in [0, 0.1) is 0 Å². The van der Waals surface area contributed by atoms with E-state index in [1.807, 2.05) is 0 Å². The molecule has 1 aromatic carbocycles. The summed E-state index contributed by atoms with van der Waals surface area (Å²) in [6, 6.07) is 6.58. The summed E-state index contributed by atoms with van der Waals surface area (Å²) in [5.74, 6) is 0. The molecule has 0 aliphatic carbocycles. The molecule has 1 fully saturated rings. The van der Waals surface area contributed by atoms with Crippen molar-refractivity contribution in [2.45, 2.75) is 25.9 Å². The van der Waals surface area contributed by atoms with Gasteiger partial charge >= 0.3 is 0 Å². The molecule has 0 radical (unpaired) electrons. The number of morpholine rings is 1. The lowest BCUT2D eigenvalue weighted by molar-refractivity contribution is 0.0643. The maximum atomic E-state index is 5.60. The molecule has 0 aromatic heterocycles. The summed E-state index contributed by atoms with van der Waals surface area (Å²) in [7, 11) is 1.72. The van der Waals surface area contributed by atoms with Gasteiger partial charge in [-0.25, -0.2) is 0 Å². The van der Waals surface area contributed by atoms with Gasteiger partial charge in [-0.2, -0.15) is 0 Å². The summed E-state index contributed by atoms with van der Waals surface area (Å²) < 4.78 is 11.8. The van der Waals surface area contributed by atoms with Crippen molar-refractivity contribution in [2.24, 2.45) is 0 Å². The minimum absolute atomic E-state index is 0.0268. The van der Waals surface area contributed by atoms with Crippen molar-refractivity contribution in [1.29, 1.82) is 0 Å². The second kappa shape index (κ2) is 7.58. The van der Waals surface area contributed by atoms with Crippen molar-refractivity contribution in [3.63, 3.8) is 0 Å². The second-order valence-corrected chi connectivity index (χ2v) is 6.83. The molecule has 0 saturated carbocycles. The molecule has 0 bridgehead atoms. The first-order chi connectivity index (χ1) is 10.0. The fourth-order valence-electron chi connectivity index (χ4n) is 2.59. The van der Waals surface area contributed by atoms with Crippen LogP contribution in [0.2, 0.25) is 0 Å². The van der Waals surface area contributed by atoms with Crippen molar-refractivity contribution < 1.29 is 9.47 Å². The van der Waals surface area contributed by atoms with Crippen molar-refractivity contribution in [2.75, 3.05) is 44.9 Å². The number of rotatable bonds is 6. The minimum Gasteiger partial charge on any atom is -0.383 e. The smallest absolute Gasteiger partial charge is 0.0694 e. The van der Waals surface area contributed by atoms with Gasteiger partial charge in [-0.3, -0.25) is 0 Å². The van der Waals surface area contributed by atoms with E-state index in [1.165, 1.54) is 11.3 Å². The lowest BCUT2D eigenvalue weighted by Gasteiger charge is -2.44. The first kappa shape index (κ1) is 16.7. The molecule has 21 heavy (non-hydrogen) atoms.